The van der Waals surface area contributed by atoms with E-state index in [1.54, 1.807) is 35.0 Å². The minimum Gasteiger partial charge on any atom is -0.352 e. The zero-order valence-electron chi connectivity index (χ0n) is 20.9. The molecule has 0 unspecified atom stereocenters. The molecule has 6 nitrogen and oxygen atoms in total. The van der Waals surface area contributed by atoms with Crippen LogP contribution >= 0.6 is 11.8 Å². The summed E-state index contributed by atoms with van der Waals surface area (Å²) in [5.74, 6) is -1.07. The van der Waals surface area contributed by atoms with Crippen molar-refractivity contribution in [3.63, 3.8) is 0 Å². The molecule has 2 heterocycles. The second kappa shape index (κ2) is 10.8. The summed E-state index contributed by atoms with van der Waals surface area (Å²) in [6, 6.07) is 21.5. The summed E-state index contributed by atoms with van der Waals surface area (Å²) in [5, 5.41) is 7.15. The highest BCUT2D eigenvalue weighted by atomic mass is 32.2. The average Bonchev–Trinajstić information content (AvgIpc) is 3.22. The van der Waals surface area contributed by atoms with Gasteiger partial charge in [-0.3, -0.25) is 14.5 Å². The molecule has 0 fully saturated rings. The summed E-state index contributed by atoms with van der Waals surface area (Å²) >= 11 is 1.29. The molecule has 1 atom stereocenters. The molecule has 0 radical (unpaired) electrons. The van der Waals surface area contributed by atoms with Crippen LogP contribution in [0.15, 0.2) is 78.9 Å². The van der Waals surface area contributed by atoms with Crippen molar-refractivity contribution in [2.75, 3.05) is 17.2 Å². The molecule has 4 aromatic rings. The summed E-state index contributed by atoms with van der Waals surface area (Å²) in [6.07, 6.45) is 0. The van der Waals surface area contributed by atoms with Crippen molar-refractivity contribution < 1.29 is 18.4 Å². The number of aromatic nitrogens is 2. The van der Waals surface area contributed by atoms with Crippen molar-refractivity contribution in [2.45, 2.75) is 25.1 Å². The Bertz CT molecular complexity index is 1470. The van der Waals surface area contributed by atoms with Crippen molar-refractivity contribution in [3.05, 3.63) is 102 Å². The summed E-state index contributed by atoms with van der Waals surface area (Å²) in [5.41, 5.74) is 2.85. The third-order valence-electron chi connectivity index (χ3n) is 6.15. The topological polar surface area (TPSA) is 67.2 Å². The first-order chi connectivity index (χ1) is 18.3. The number of halogens is 2. The predicted octanol–water partition coefficient (Wildman–Crippen LogP) is 5.51. The van der Waals surface area contributed by atoms with Crippen molar-refractivity contribution in [1.29, 1.82) is 0 Å². The lowest BCUT2D eigenvalue weighted by atomic mass is 9.99. The van der Waals surface area contributed by atoms with Crippen LogP contribution in [0.4, 0.5) is 14.6 Å². The number of carbonyl (C=O) groups excluding carboxylic acids is 2. The van der Waals surface area contributed by atoms with Gasteiger partial charge in [0.1, 0.15) is 24.0 Å². The maximum atomic E-state index is 15.2. The number of hydrogen-bond acceptors (Lipinski definition) is 4. The summed E-state index contributed by atoms with van der Waals surface area (Å²) < 4.78 is 30.6. The van der Waals surface area contributed by atoms with Crippen LogP contribution in [0.2, 0.25) is 0 Å². The molecule has 1 aromatic heterocycles. The van der Waals surface area contributed by atoms with Crippen LogP contribution in [0.5, 0.6) is 0 Å². The Kier molecular flexibility index (Phi) is 7.28. The Labute approximate surface area is 223 Å². The largest absolute Gasteiger partial charge is 0.352 e. The fourth-order valence-corrected chi connectivity index (χ4v) is 5.75. The van der Waals surface area contributed by atoms with Crippen molar-refractivity contribution in [1.82, 2.24) is 15.1 Å². The van der Waals surface area contributed by atoms with E-state index in [4.69, 9.17) is 5.10 Å². The van der Waals surface area contributed by atoms with Gasteiger partial charge in [-0.25, -0.2) is 13.5 Å². The van der Waals surface area contributed by atoms with Gasteiger partial charge < -0.3 is 5.32 Å². The minimum atomic E-state index is -0.585. The summed E-state index contributed by atoms with van der Waals surface area (Å²) in [6.45, 7) is 3.44. The van der Waals surface area contributed by atoms with Crippen molar-refractivity contribution in [2.24, 2.45) is 0 Å². The highest BCUT2D eigenvalue weighted by Gasteiger charge is 2.38. The smallest absolute Gasteiger partial charge is 0.240 e. The third-order valence-corrected chi connectivity index (χ3v) is 7.38. The van der Waals surface area contributed by atoms with E-state index in [-0.39, 0.29) is 30.2 Å². The van der Waals surface area contributed by atoms with Crippen LogP contribution in [0.25, 0.3) is 16.9 Å². The monoisotopic (exact) mass is 532 g/mol. The number of thioether (sulfide) groups is 1. The Hall–Kier alpha value is -3.98. The molecule has 38 heavy (non-hydrogen) atoms. The second-order valence-electron chi connectivity index (χ2n) is 9.25. The average molecular weight is 533 g/mol. The van der Waals surface area contributed by atoms with Crippen LogP contribution in [0.1, 0.15) is 30.2 Å². The normalized spacial score (nSPS) is 15.3. The molecule has 5 rings (SSSR count). The van der Waals surface area contributed by atoms with Gasteiger partial charge in [0.2, 0.25) is 11.8 Å². The fourth-order valence-electron chi connectivity index (χ4n) is 4.54. The Morgan fingerprint density at radius 2 is 1.71 bits per heavy atom. The lowest BCUT2D eigenvalue weighted by Crippen LogP contribution is -2.44. The maximum absolute atomic E-state index is 15.2. The van der Waals surface area contributed by atoms with Crippen molar-refractivity contribution >= 4 is 29.4 Å². The number of amides is 2. The highest BCUT2D eigenvalue weighted by Crippen LogP contribution is 2.49. The Morgan fingerprint density at radius 3 is 2.39 bits per heavy atom. The molecular weight excluding hydrogens is 506 g/mol. The van der Waals surface area contributed by atoms with Crippen molar-refractivity contribution in [3.8, 4) is 16.9 Å². The van der Waals surface area contributed by atoms with Gasteiger partial charge in [-0.15, -0.1) is 11.8 Å². The number of hydrogen-bond donors (Lipinski definition) is 1. The van der Waals surface area contributed by atoms with Crippen LogP contribution < -0.4 is 10.2 Å². The number of rotatable bonds is 6. The van der Waals surface area contributed by atoms with E-state index in [1.807, 2.05) is 44.2 Å². The summed E-state index contributed by atoms with van der Waals surface area (Å²) in [4.78, 5) is 27.9. The number of anilines is 1. The van der Waals surface area contributed by atoms with E-state index in [2.05, 4.69) is 5.32 Å². The van der Waals surface area contributed by atoms with Crippen LogP contribution in [0.3, 0.4) is 0 Å². The molecule has 1 aliphatic heterocycles. The molecule has 1 aliphatic rings. The molecule has 0 spiro atoms. The fraction of sp³-hybridized carbons (Fsp3) is 0.207. The molecule has 3 aromatic carbocycles. The zero-order chi connectivity index (χ0) is 26.8. The zero-order valence-corrected chi connectivity index (χ0v) is 21.7. The third kappa shape index (κ3) is 5.06. The molecular formula is C29H26F2N4O2S. The van der Waals surface area contributed by atoms with E-state index >= 15 is 4.39 Å². The number of nitrogens with zero attached hydrogens (tertiary/aromatic N) is 3. The van der Waals surface area contributed by atoms with E-state index in [1.165, 1.54) is 34.9 Å². The number of carbonyl (C=O) groups is 2. The lowest BCUT2D eigenvalue weighted by Gasteiger charge is -2.23. The highest BCUT2D eigenvalue weighted by molar-refractivity contribution is 8.00. The van der Waals surface area contributed by atoms with Gasteiger partial charge in [0, 0.05) is 22.7 Å². The molecule has 0 aliphatic carbocycles. The van der Waals surface area contributed by atoms with Crippen LogP contribution in [0, 0.1) is 11.6 Å². The first kappa shape index (κ1) is 25.7. The molecule has 2 amide bonds. The van der Waals surface area contributed by atoms with Gasteiger partial charge in [0.25, 0.3) is 0 Å². The standard InChI is InChI=1S/C29H26F2N4O2S/c1-18(2)32-24(36)16-34-25(37)17-38-28(22-10-6-7-11-23(22)31)26-27(19-8-4-3-5-9-19)33-35(29(26)34)21-14-12-20(30)13-15-21/h3-15,18,28H,16-17H2,1-2H3,(H,32,36)/t28-/m1/s1. The second-order valence-corrected chi connectivity index (χ2v) is 10.3. The molecule has 0 saturated heterocycles. The van der Waals surface area contributed by atoms with Gasteiger partial charge in [0.15, 0.2) is 0 Å². The molecule has 9 heteroatoms. The SMILES string of the molecule is CC(C)NC(=O)CN1C(=O)CS[C@H](c2ccccc2F)c2c(-c3ccccc3)nn(-c3ccc(F)cc3)c21. The number of fused-ring (bicyclic) bond motifs is 1. The quantitative estimate of drug-likeness (QED) is 0.356. The van der Waals surface area contributed by atoms with Gasteiger partial charge in [-0.05, 0) is 44.2 Å². The Morgan fingerprint density at radius 1 is 1.03 bits per heavy atom. The van der Waals surface area contributed by atoms with E-state index in [0.717, 1.165) is 5.56 Å². The Balaban J connectivity index is 1.81. The van der Waals surface area contributed by atoms with Gasteiger partial charge in [-0.2, -0.15) is 5.10 Å². The van der Waals surface area contributed by atoms with E-state index < -0.39 is 16.9 Å². The molecule has 0 bridgehead atoms. The van der Waals surface area contributed by atoms with Gasteiger partial charge in [-0.1, -0.05) is 48.5 Å². The lowest BCUT2D eigenvalue weighted by molar-refractivity contribution is -0.123. The predicted molar refractivity (Wildman–Crippen MR) is 145 cm³/mol. The minimum absolute atomic E-state index is 0.0281. The maximum Gasteiger partial charge on any atom is 0.240 e. The molecule has 1 N–H and O–H groups in total. The van der Waals surface area contributed by atoms with E-state index in [0.29, 0.717) is 28.3 Å². The first-order valence-electron chi connectivity index (χ1n) is 12.2. The first-order valence-corrected chi connectivity index (χ1v) is 13.3. The van der Waals surface area contributed by atoms with Gasteiger partial charge >= 0.3 is 0 Å². The summed E-state index contributed by atoms with van der Waals surface area (Å²) in [7, 11) is 0. The number of nitrogens with one attached hydrogen (secondary N) is 1. The number of benzene rings is 3. The molecule has 0 saturated carbocycles. The molecule has 194 valence electrons. The van der Waals surface area contributed by atoms with Crippen LogP contribution in [-0.4, -0.2) is 39.9 Å². The van der Waals surface area contributed by atoms with Gasteiger partial charge in [0.05, 0.1) is 22.4 Å². The van der Waals surface area contributed by atoms with Crippen LogP contribution in [-0.2, 0) is 9.59 Å². The van der Waals surface area contributed by atoms with E-state index in [9.17, 15) is 14.0 Å².